The largest absolute Gasteiger partial charge is 0.478 e. The molecule has 1 N–H and O–H groups in total. The maximum absolute atomic E-state index is 13.2. The summed E-state index contributed by atoms with van der Waals surface area (Å²) in [5, 5.41) is 9.59. The standard InChI is InChI=1S/C21H23NO4S/c1-14(2)16-6-8-17(9-7-16)20-19(21(23)24)12-13-22(20)27(25,26)18-10-4-15(3)5-11-18/h4-12,14,20H,13H2,1-3H3,(H,23,24). The molecule has 1 aliphatic rings. The van der Waals surface area contributed by atoms with E-state index in [9.17, 15) is 18.3 Å². The Morgan fingerprint density at radius 2 is 1.67 bits per heavy atom. The van der Waals surface area contributed by atoms with Gasteiger partial charge in [-0.25, -0.2) is 13.2 Å². The second-order valence-electron chi connectivity index (χ2n) is 7.08. The molecule has 0 spiro atoms. The number of carboxylic acids is 1. The van der Waals surface area contributed by atoms with Crippen LogP contribution in [-0.2, 0) is 14.8 Å². The summed E-state index contributed by atoms with van der Waals surface area (Å²) in [5.41, 5.74) is 2.82. The summed E-state index contributed by atoms with van der Waals surface area (Å²) in [6, 6.07) is 13.2. The molecule has 0 saturated heterocycles. The summed E-state index contributed by atoms with van der Waals surface area (Å²) < 4.78 is 27.6. The van der Waals surface area contributed by atoms with Gasteiger partial charge in [-0.2, -0.15) is 4.31 Å². The molecule has 1 unspecified atom stereocenters. The van der Waals surface area contributed by atoms with E-state index in [1.807, 2.05) is 31.2 Å². The molecule has 6 heteroatoms. The second-order valence-corrected chi connectivity index (χ2v) is 8.97. The van der Waals surface area contributed by atoms with Crippen LogP contribution >= 0.6 is 0 Å². The van der Waals surface area contributed by atoms with Crippen LogP contribution in [0.2, 0.25) is 0 Å². The van der Waals surface area contributed by atoms with E-state index in [2.05, 4.69) is 13.8 Å². The third-order valence-corrected chi connectivity index (χ3v) is 6.71. The van der Waals surface area contributed by atoms with Crippen molar-refractivity contribution in [2.75, 3.05) is 6.54 Å². The third kappa shape index (κ3) is 3.68. The first kappa shape index (κ1) is 19.3. The van der Waals surface area contributed by atoms with E-state index in [-0.39, 0.29) is 17.0 Å². The van der Waals surface area contributed by atoms with Gasteiger partial charge in [-0.05, 0) is 36.1 Å². The Kier molecular flexibility index (Phi) is 5.22. The van der Waals surface area contributed by atoms with Crippen LogP contribution < -0.4 is 0 Å². The lowest BCUT2D eigenvalue weighted by atomic mass is 9.96. The highest BCUT2D eigenvalue weighted by Crippen LogP contribution is 2.38. The number of sulfonamides is 1. The topological polar surface area (TPSA) is 74.7 Å². The molecule has 142 valence electrons. The predicted octanol–water partition coefficient (Wildman–Crippen LogP) is 3.88. The second kappa shape index (κ2) is 7.29. The molecule has 2 aromatic rings. The molecule has 0 aliphatic carbocycles. The molecule has 0 fully saturated rings. The smallest absolute Gasteiger partial charge is 0.333 e. The number of benzene rings is 2. The Balaban J connectivity index is 2.04. The van der Waals surface area contributed by atoms with Crippen molar-refractivity contribution in [1.29, 1.82) is 0 Å². The number of hydrogen-bond acceptors (Lipinski definition) is 3. The molecule has 5 nitrogen and oxygen atoms in total. The Morgan fingerprint density at radius 3 is 2.19 bits per heavy atom. The van der Waals surface area contributed by atoms with Gasteiger partial charge in [0.25, 0.3) is 0 Å². The van der Waals surface area contributed by atoms with E-state index < -0.39 is 22.0 Å². The van der Waals surface area contributed by atoms with Crippen LogP contribution in [0, 0.1) is 6.92 Å². The lowest BCUT2D eigenvalue weighted by Gasteiger charge is -2.26. The fourth-order valence-electron chi connectivity index (χ4n) is 3.26. The van der Waals surface area contributed by atoms with Crippen LogP contribution in [0.4, 0.5) is 0 Å². The summed E-state index contributed by atoms with van der Waals surface area (Å²) in [4.78, 5) is 11.9. The lowest BCUT2D eigenvalue weighted by molar-refractivity contribution is -0.133. The van der Waals surface area contributed by atoms with E-state index >= 15 is 0 Å². The molecule has 0 saturated carbocycles. The van der Waals surface area contributed by atoms with Crippen molar-refractivity contribution in [3.8, 4) is 0 Å². The zero-order chi connectivity index (χ0) is 19.8. The summed E-state index contributed by atoms with van der Waals surface area (Å²) in [7, 11) is -3.83. The molecule has 0 aromatic heterocycles. The summed E-state index contributed by atoms with van der Waals surface area (Å²) in [6.07, 6.45) is 1.48. The number of rotatable bonds is 5. The Hall–Kier alpha value is -2.44. The van der Waals surface area contributed by atoms with Crippen molar-refractivity contribution in [3.05, 3.63) is 76.9 Å². The van der Waals surface area contributed by atoms with Crippen molar-refractivity contribution >= 4 is 16.0 Å². The highest BCUT2D eigenvalue weighted by Gasteiger charge is 2.40. The van der Waals surface area contributed by atoms with Crippen molar-refractivity contribution in [2.24, 2.45) is 0 Å². The van der Waals surface area contributed by atoms with Crippen LogP contribution in [0.1, 0.15) is 42.5 Å². The summed E-state index contributed by atoms with van der Waals surface area (Å²) >= 11 is 0. The van der Waals surface area contributed by atoms with Crippen LogP contribution in [0.3, 0.4) is 0 Å². The Labute approximate surface area is 160 Å². The van der Waals surface area contributed by atoms with Crippen molar-refractivity contribution in [3.63, 3.8) is 0 Å². The minimum Gasteiger partial charge on any atom is -0.478 e. The lowest BCUT2D eigenvalue weighted by Crippen LogP contribution is -2.33. The highest BCUT2D eigenvalue weighted by molar-refractivity contribution is 7.89. The molecular formula is C21H23NO4S. The van der Waals surface area contributed by atoms with Crippen LogP contribution in [-0.4, -0.2) is 30.3 Å². The minimum atomic E-state index is -3.83. The van der Waals surface area contributed by atoms with Gasteiger partial charge in [0.2, 0.25) is 10.0 Å². The van der Waals surface area contributed by atoms with Crippen LogP contribution in [0.5, 0.6) is 0 Å². The monoisotopic (exact) mass is 385 g/mol. The van der Waals surface area contributed by atoms with Crippen LogP contribution in [0.25, 0.3) is 0 Å². The molecule has 1 heterocycles. The molecule has 0 amide bonds. The van der Waals surface area contributed by atoms with Crippen molar-refractivity contribution in [2.45, 2.75) is 37.6 Å². The normalized spacial score (nSPS) is 17.9. The average molecular weight is 385 g/mol. The summed E-state index contributed by atoms with van der Waals surface area (Å²) in [6.45, 7) is 6.06. The van der Waals surface area contributed by atoms with Gasteiger partial charge in [0.15, 0.2) is 0 Å². The SMILES string of the molecule is Cc1ccc(S(=O)(=O)N2CC=C(C(=O)O)C2c2ccc(C(C)C)cc2)cc1. The maximum atomic E-state index is 13.2. The fourth-order valence-corrected chi connectivity index (χ4v) is 4.79. The number of hydrogen-bond donors (Lipinski definition) is 1. The third-order valence-electron chi connectivity index (χ3n) is 4.87. The van der Waals surface area contributed by atoms with Crippen molar-refractivity contribution in [1.82, 2.24) is 4.31 Å². The molecule has 2 aromatic carbocycles. The van der Waals surface area contributed by atoms with Gasteiger partial charge in [-0.3, -0.25) is 0 Å². The number of carbonyl (C=O) groups is 1. The highest BCUT2D eigenvalue weighted by atomic mass is 32.2. The van der Waals surface area contributed by atoms with E-state index in [0.29, 0.717) is 11.5 Å². The first-order chi connectivity index (χ1) is 12.7. The van der Waals surface area contributed by atoms with E-state index in [1.165, 1.54) is 10.4 Å². The molecule has 1 atom stereocenters. The van der Waals surface area contributed by atoms with Gasteiger partial charge < -0.3 is 5.11 Å². The molecule has 0 bridgehead atoms. The Bertz CT molecular complexity index is 974. The summed E-state index contributed by atoms with van der Waals surface area (Å²) in [5.74, 6) is -0.765. The predicted molar refractivity (Wildman–Crippen MR) is 104 cm³/mol. The number of aliphatic carboxylic acids is 1. The van der Waals surface area contributed by atoms with Gasteiger partial charge in [0.1, 0.15) is 0 Å². The van der Waals surface area contributed by atoms with Gasteiger partial charge >= 0.3 is 5.97 Å². The average Bonchev–Trinajstić information content (AvgIpc) is 3.08. The minimum absolute atomic E-state index is 0.0362. The van der Waals surface area contributed by atoms with Crippen LogP contribution in [0.15, 0.2) is 65.1 Å². The number of carboxylic acid groups (broad SMARTS) is 1. The number of nitrogens with zero attached hydrogens (tertiary/aromatic N) is 1. The quantitative estimate of drug-likeness (QED) is 0.848. The zero-order valence-electron chi connectivity index (χ0n) is 15.6. The first-order valence-electron chi connectivity index (χ1n) is 8.83. The van der Waals surface area contributed by atoms with Crippen molar-refractivity contribution < 1.29 is 18.3 Å². The molecule has 0 radical (unpaired) electrons. The molecule has 3 rings (SSSR count). The first-order valence-corrected chi connectivity index (χ1v) is 10.3. The maximum Gasteiger partial charge on any atom is 0.333 e. The van der Waals surface area contributed by atoms with Gasteiger partial charge in [-0.15, -0.1) is 0 Å². The van der Waals surface area contributed by atoms with Gasteiger partial charge in [0.05, 0.1) is 16.5 Å². The van der Waals surface area contributed by atoms with Gasteiger partial charge in [0, 0.05) is 6.54 Å². The number of aryl methyl sites for hydroxylation is 1. The Morgan fingerprint density at radius 1 is 1.07 bits per heavy atom. The fraction of sp³-hybridized carbons (Fsp3) is 0.286. The van der Waals surface area contributed by atoms with E-state index in [1.54, 1.807) is 24.3 Å². The molecule has 27 heavy (non-hydrogen) atoms. The van der Waals surface area contributed by atoms with Gasteiger partial charge in [-0.1, -0.05) is 61.9 Å². The zero-order valence-corrected chi connectivity index (χ0v) is 16.4. The van der Waals surface area contributed by atoms with E-state index in [4.69, 9.17) is 0 Å². The molecule has 1 aliphatic heterocycles. The van der Waals surface area contributed by atoms with E-state index in [0.717, 1.165) is 11.1 Å². The molecular weight excluding hydrogens is 362 g/mol.